The lowest BCUT2D eigenvalue weighted by Crippen LogP contribution is -2.02. The predicted octanol–water partition coefficient (Wildman–Crippen LogP) is 5.79. The molecule has 2 aromatic carbocycles. The molecular formula is C18H20I2O2. The number of alkyl halides is 2. The molecule has 0 saturated heterocycles. The van der Waals surface area contributed by atoms with Crippen molar-refractivity contribution in [3.05, 3.63) is 59.7 Å². The zero-order valence-corrected chi connectivity index (χ0v) is 16.7. The zero-order valence-electron chi connectivity index (χ0n) is 12.4. The molecular weight excluding hydrogens is 502 g/mol. The van der Waals surface area contributed by atoms with Gasteiger partial charge >= 0.3 is 0 Å². The Hall–Kier alpha value is -0.500. The average Bonchev–Trinajstić information content (AvgIpc) is 2.59. The number of halogens is 2. The lowest BCUT2D eigenvalue weighted by Gasteiger charge is -2.08. The molecule has 0 aliphatic heterocycles. The zero-order chi connectivity index (χ0) is 15.6. The van der Waals surface area contributed by atoms with Crippen LogP contribution >= 0.6 is 45.2 Å². The minimum Gasteiger partial charge on any atom is -0.494 e. The second-order valence-corrected chi connectivity index (χ2v) is 6.48. The van der Waals surface area contributed by atoms with Crippen LogP contribution in [0.1, 0.15) is 24.0 Å². The quantitative estimate of drug-likeness (QED) is 0.236. The van der Waals surface area contributed by atoms with Gasteiger partial charge in [-0.3, -0.25) is 0 Å². The summed E-state index contributed by atoms with van der Waals surface area (Å²) in [7, 11) is 0. The number of rotatable bonds is 9. The molecule has 0 aliphatic carbocycles. The third-order valence-corrected chi connectivity index (χ3v) is 4.99. The molecule has 0 radical (unpaired) electrons. The maximum absolute atomic E-state index is 5.73. The lowest BCUT2D eigenvalue weighted by molar-refractivity contribution is 0.266. The van der Waals surface area contributed by atoms with Crippen LogP contribution in [-0.2, 0) is 8.86 Å². The van der Waals surface area contributed by atoms with E-state index in [1.807, 2.05) is 24.3 Å². The smallest absolute Gasteiger partial charge is 0.119 e. The van der Waals surface area contributed by atoms with Gasteiger partial charge in [0.1, 0.15) is 11.5 Å². The van der Waals surface area contributed by atoms with Crippen LogP contribution in [0.4, 0.5) is 0 Å². The molecule has 0 spiro atoms. The monoisotopic (exact) mass is 522 g/mol. The highest BCUT2D eigenvalue weighted by atomic mass is 127. The van der Waals surface area contributed by atoms with Crippen LogP contribution < -0.4 is 9.47 Å². The average molecular weight is 522 g/mol. The van der Waals surface area contributed by atoms with Crippen LogP contribution in [0.3, 0.4) is 0 Å². The first-order valence-electron chi connectivity index (χ1n) is 7.37. The number of unbranched alkanes of at least 4 members (excludes halogenated alkanes) is 1. The molecule has 0 saturated carbocycles. The van der Waals surface area contributed by atoms with Crippen molar-refractivity contribution in [1.82, 2.24) is 0 Å². The van der Waals surface area contributed by atoms with Gasteiger partial charge in [0.2, 0.25) is 0 Å². The van der Waals surface area contributed by atoms with E-state index in [1.165, 1.54) is 11.1 Å². The molecule has 0 aliphatic rings. The van der Waals surface area contributed by atoms with E-state index in [1.54, 1.807) is 0 Å². The van der Waals surface area contributed by atoms with E-state index < -0.39 is 0 Å². The van der Waals surface area contributed by atoms with Crippen molar-refractivity contribution in [3.8, 4) is 11.5 Å². The summed E-state index contributed by atoms with van der Waals surface area (Å²) in [4.78, 5) is 0. The summed E-state index contributed by atoms with van der Waals surface area (Å²) in [6.07, 6.45) is 2.00. The van der Waals surface area contributed by atoms with Crippen molar-refractivity contribution in [1.29, 1.82) is 0 Å². The third-order valence-electron chi connectivity index (χ3n) is 3.23. The fourth-order valence-corrected chi connectivity index (χ4v) is 2.95. The standard InChI is InChI=1S/C18H20I2O2/c19-13-15-3-7-17(8-4-15)21-11-1-2-12-22-18-9-5-16(14-20)6-10-18/h3-10H,1-2,11-14H2. The molecule has 0 atom stereocenters. The van der Waals surface area contributed by atoms with Crippen LogP contribution in [0.2, 0.25) is 0 Å². The summed E-state index contributed by atoms with van der Waals surface area (Å²) in [5.41, 5.74) is 2.66. The Morgan fingerprint density at radius 2 is 0.955 bits per heavy atom. The molecule has 0 heterocycles. The van der Waals surface area contributed by atoms with E-state index in [2.05, 4.69) is 69.4 Å². The summed E-state index contributed by atoms with van der Waals surface area (Å²) in [5.74, 6) is 1.90. The Bertz CT molecular complexity index is 487. The molecule has 2 aromatic rings. The van der Waals surface area contributed by atoms with Gasteiger partial charge in [-0.05, 0) is 48.2 Å². The Balaban J connectivity index is 1.58. The lowest BCUT2D eigenvalue weighted by atomic mass is 10.2. The maximum Gasteiger partial charge on any atom is 0.119 e. The highest BCUT2D eigenvalue weighted by Crippen LogP contribution is 2.16. The second-order valence-electron chi connectivity index (χ2n) is 4.96. The van der Waals surface area contributed by atoms with Crippen molar-refractivity contribution in [2.24, 2.45) is 0 Å². The first-order valence-corrected chi connectivity index (χ1v) is 10.4. The van der Waals surface area contributed by atoms with Crippen LogP contribution in [-0.4, -0.2) is 13.2 Å². The SMILES string of the molecule is ICc1ccc(OCCCCOc2ccc(CI)cc2)cc1. The van der Waals surface area contributed by atoms with Gasteiger partial charge in [-0.2, -0.15) is 0 Å². The summed E-state index contributed by atoms with van der Waals surface area (Å²) in [5, 5.41) is 0. The van der Waals surface area contributed by atoms with Crippen LogP contribution in [0.25, 0.3) is 0 Å². The topological polar surface area (TPSA) is 18.5 Å². The number of benzene rings is 2. The summed E-state index contributed by atoms with van der Waals surface area (Å²) < 4.78 is 13.5. The molecule has 0 unspecified atom stereocenters. The molecule has 2 rings (SSSR count). The van der Waals surface area contributed by atoms with Crippen LogP contribution in [0.5, 0.6) is 11.5 Å². The second kappa shape index (κ2) is 10.3. The van der Waals surface area contributed by atoms with Gasteiger partial charge in [-0.25, -0.2) is 0 Å². The molecule has 118 valence electrons. The van der Waals surface area contributed by atoms with Gasteiger partial charge in [0.15, 0.2) is 0 Å². The molecule has 22 heavy (non-hydrogen) atoms. The Morgan fingerprint density at radius 1 is 0.591 bits per heavy atom. The minimum absolute atomic E-state index is 0.737. The summed E-state index contributed by atoms with van der Waals surface area (Å²) in [6.45, 7) is 1.47. The van der Waals surface area contributed by atoms with E-state index >= 15 is 0 Å². The van der Waals surface area contributed by atoms with Gasteiger partial charge in [-0.15, -0.1) is 0 Å². The van der Waals surface area contributed by atoms with Gasteiger partial charge in [0.25, 0.3) is 0 Å². The van der Waals surface area contributed by atoms with Crippen molar-refractivity contribution >= 4 is 45.2 Å². The van der Waals surface area contributed by atoms with Crippen LogP contribution in [0, 0.1) is 0 Å². The molecule has 0 bridgehead atoms. The maximum atomic E-state index is 5.73. The number of hydrogen-bond donors (Lipinski definition) is 0. The molecule has 0 fully saturated rings. The van der Waals surface area contributed by atoms with E-state index in [9.17, 15) is 0 Å². The van der Waals surface area contributed by atoms with E-state index in [-0.39, 0.29) is 0 Å². The highest BCUT2D eigenvalue weighted by Gasteiger charge is 1.97. The molecule has 0 N–H and O–H groups in total. The summed E-state index contributed by atoms with van der Waals surface area (Å²) >= 11 is 4.72. The Morgan fingerprint density at radius 3 is 1.27 bits per heavy atom. The fraction of sp³-hybridized carbons (Fsp3) is 0.333. The number of ether oxygens (including phenoxy) is 2. The van der Waals surface area contributed by atoms with Gasteiger partial charge in [0, 0.05) is 8.86 Å². The molecule has 0 aromatic heterocycles. The van der Waals surface area contributed by atoms with Crippen LogP contribution in [0.15, 0.2) is 48.5 Å². The third kappa shape index (κ3) is 6.32. The minimum atomic E-state index is 0.737. The molecule has 4 heteroatoms. The van der Waals surface area contributed by atoms with E-state index in [4.69, 9.17) is 9.47 Å². The van der Waals surface area contributed by atoms with Crippen molar-refractivity contribution in [2.45, 2.75) is 21.7 Å². The van der Waals surface area contributed by atoms with E-state index in [0.29, 0.717) is 0 Å². The van der Waals surface area contributed by atoms with E-state index in [0.717, 1.165) is 46.4 Å². The van der Waals surface area contributed by atoms with Gasteiger partial charge in [0.05, 0.1) is 13.2 Å². The molecule has 2 nitrogen and oxygen atoms in total. The Labute approximate surface area is 159 Å². The Kier molecular flexibility index (Phi) is 8.36. The van der Waals surface area contributed by atoms with Crippen molar-refractivity contribution in [3.63, 3.8) is 0 Å². The highest BCUT2D eigenvalue weighted by molar-refractivity contribution is 14.1. The fourth-order valence-electron chi connectivity index (χ4n) is 1.93. The molecule has 0 amide bonds. The number of hydrogen-bond acceptors (Lipinski definition) is 2. The first kappa shape index (κ1) is 17.8. The van der Waals surface area contributed by atoms with Crippen molar-refractivity contribution in [2.75, 3.05) is 13.2 Å². The largest absolute Gasteiger partial charge is 0.494 e. The predicted molar refractivity (Wildman–Crippen MR) is 109 cm³/mol. The summed E-state index contributed by atoms with van der Waals surface area (Å²) in [6, 6.07) is 16.6. The van der Waals surface area contributed by atoms with Crippen molar-refractivity contribution < 1.29 is 9.47 Å². The van der Waals surface area contributed by atoms with Gasteiger partial charge < -0.3 is 9.47 Å². The normalized spacial score (nSPS) is 10.5. The van der Waals surface area contributed by atoms with Gasteiger partial charge in [-0.1, -0.05) is 69.4 Å². The first-order chi connectivity index (χ1) is 10.8.